The molecule has 0 N–H and O–H groups in total. The summed E-state index contributed by atoms with van der Waals surface area (Å²) in [4.78, 5) is 0. The third-order valence-electron chi connectivity index (χ3n) is 9.30. The predicted molar refractivity (Wildman–Crippen MR) is 186 cm³/mol. The van der Waals surface area contributed by atoms with Crippen LogP contribution in [-0.2, 0) is 13.0 Å². The highest BCUT2D eigenvalue weighted by molar-refractivity contribution is 5.31. The highest BCUT2D eigenvalue weighted by Crippen LogP contribution is 2.16. The van der Waals surface area contributed by atoms with E-state index in [0.717, 1.165) is 0 Å². The highest BCUT2D eigenvalue weighted by Gasteiger charge is 2.18. The molecule has 240 valence electrons. The van der Waals surface area contributed by atoms with Crippen LogP contribution in [-0.4, -0.2) is 4.57 Å². The summed E-state index contributed by atoms with van der Waals surface area (Å²) in [5, 5.41) is 0. The Labute approximate surface area is 263 Å². The van der Waals surface area contributed by atoms with Crippen LogP contribution >= 0.6 is 0 Å². The lowest BCUT2D eigenvalue weighted by molar-refractivity contribution is -0.704. The smallest absolute Gasteiger partial charge is 0.234 e. The van der Waals surface area contributed by atoms with Crippen LogP contribution < -0.4 is 4.57 Å². The number of hydrogen-bond donors (Lipinski definition) is 0. The average Bonchev–Trinajstić information content (AvgIpc) is 3.42. The maximum atomic E-state index is 2.56. The fourth-order valence-electron chi connectivity index (χ4n) is 6.53. The molecule has 0 atom stereocenters. The van der Waals surface area contributed by atoms with Crippen molar-refractivity contribution in [3.63, 3.8) is 0 Å². The van der Waals surface area contributed by atoms with Gasteiger partial charge in [0, 0.05) is 6.42 Å². The molecule has 0 bridgehead atoms. The van der Waals surface area contributed by atoms with Crippen LogP contribution in [0.3, 0.4) is 0 Å². The lowest BCUT2D eigenvalue weighted by atomic mass is 10.0. The first-order valence-corrected chi connectivity index (χ1v) is 19.0. The van der Waals surface area contributed by atoms with E-state index in [0.29, 0.717) is 0 Å². The third kappa shape index (κ3) is 18.2. The Hall–Kier alpha value is -1.57. The molecule has 0 saturated heterocycles. The van der Waals surface area contributed by atoms with E-state index in [9.17, 15) is 0 Å². The van der Waals surface area contributed by atoms with Crippen molar-refractivity contribution < 1.29 is 4.57 Å². The van der Waals surface area contributed by atoms with E-state index in [4.69, 9.17) is 0 Å². The molecule has 1 aromatic heterocycles. The monoisotopic (exact) mass is 580 g/mol. The van der Waals surface area contributed by atoms with Gasteiger partial charge in [-0.3, -0.25) is 0 Å². The zero-order valence-corrected chi connectivity index (χ0v) is 28.4. The van der Waals surface area contributed by atoms with Crippen LogP contribution in [0.4, 0.5) is 0 Å². The van der Waals surface area contributed by atoms with Crippen molar-refractivity contribution in [2.75, 3.05) is 0 Å². The second-order valence-electron chi connectivity index (χ2n) is 13.2. The number of nitrogens with zero attached hydrogens (tertiary/aromatic N) is 2. The van der Waals surface area contributed by atoms with Crippen molar-refractivity contribution in [1.29, 1.82) is 0 Å². The van der Waals surface area contributed by atoms with E-state index in [1.54, 1.807) is 0 Å². The maximum absolute atomic E-state index is 2.56. The van der Waals surface area contributed by atoms with Crippen molar-refractivity contribution in [2.45, 2.75) is 200 Å². The topological polar surface area (TPSA) is 8.81 Å². The number of imidazole rings is 1. The van der Waals surface area contributed by atoms with Gasteiger partial charge < -0.3 is 0 Å². The largest absolute Gasteiger partial charge is 0.261 e. The molecule has 0 radical (unpaired) electrons. The maximum Gasteiger partial charge on any atom is 0.261 e. The number of unbranched alkanes of at least 4 members (excludes halogenated alkanes) is 25. The normalized spacial score (nSPS) is 11.5. The molecular formula is C40H71N2+. The minimum Gasteiger partial charge on any atom is -0.234 e. The summed E-state index contributed by atoms with van der Waals surface area (Å²) in [6.45, 7) is 5.78. The number of benzene rings is 1. The van der Waals surface area contributed by atoms with Crippen molar-refractivity contribution in [3.05, 3.63) is 48.5 Å². The van der Waals surface area contributed by atoms with E-state index in [1.807, 2.05) is 0 Å². The van der Waals surface area contributed by atoms with Gasteiger partial charge in [0.05, 0.1) is 6.54 Å². The van der Waals surface area contributed by atoms with E-state index in [2.05, 4.69) is 65.7 Å². The zero-order valence-electron chi connectivity index (χ0n) is 28.4. The first-order chi connectivity index (χ1) is 20.9. The van der Waals surface area contributed by atoms with Crippen LogP contribution in [0.1, 0.15) is 193 Å². The number of aryl methyl sites for hydroxylation is 1. The van der Waals surface area contributed by atoms with E-state index < -0.39 is 0 Å². The summed E-state index contributed by atoms with van der Waals surface area (Å²) in [5.41, 5.74) is 1.31. The van der Waals surface area contributed by atoms with Gasteiger partial charge in [-0.15, -0.1) is 0 Å². The molecule has 0 fully saturated rings. The summed E-state index contributed by atoms with van der Waals surface area (Å²) in [5.74, 6) is 1.50. The van der Waals surface area contributed by atoms with Gasteiger partial charge in [0.2, 0.25) is 0 Å². The summed E-state index contributed by atoms with van der Waals surface area (Å²) < 4.78 is 5.01. The molecule has 2 nitrogen and oxygen atoms in total. The summed E-state index contributed by atoms with van der Waals surface area (Å²) in [6, 6.07) is 11.0. The van der Waals surface area contributed by atoms with Gasteiger partial charge in [0.15, 0.2) is 0 Å². The van der Waals surface area contributed by atoms with E-state index >= 15 is 0 Å². The molecule has 1 aromatic carbocycles. The Morgan fingerprint density at radius 1 is 0.452 bits per heavy atom. The molecule has 0 saturated carbocycles. The Bertz CT molecular complexity index is 823. The SMILES string of the molecule is CCCCCCCCCCCCCCCCC[n+]1ccn(-c2ccccc2)c1CCCCCCCCCCCCCC. The van der Waals surface area contributed by atoms with Gasteiger partial charge in [0.25, 0.3) is 5.82 Å². The van der Waals surface area contributed by atoms with Crippen LogP contribution in [0.15, 0.2) is 42.7 Å². The molecule has 2 aromatic rings. The van der Waals surface area contributed by atoms with Crippen molar-refractivity contribution in [3.8, 4) is 5.69 Å². The molecule has 2 heteroatoms. The van der Waals surface area contributed by atoms with Crippen LogP contribution in [0, 0.1) is 0 Å². The minimum atomic E-state index is 1.17. The highest BCUT2D eigenvalue weighted by atomic mass is 15.1. The Kier molecular flexibility index (Phi) is 23.6. The Morgan fingerprint density at radius 2 is 0.833 bits per heavy atom. The summed E-state index contributed by atoms with van der Waals surface area (Å²) >= 11 is 0. The molecule has 0 unspecified atom stereocenters. The molecule has 0 aliphatic rings. The van der Waals surface area contributed by atoms with Gasteiger partial charge in [0.1, 0.15) is 18.1 Å². The molecule has 0 aliphatic carbocycles. The number of hydrogen-bond acceptors (Lipinski definition) is 0. The molecule has 0 aliphatic heterocycles. The Morgan fingerprint density at radius 3 is 1.26 bits per heavy atom. The summed E-state index contributed by atoms with van der Waals surface area (Å²) in [7, 11) is 0. The first-order valence-electron chi connectivity index (χ1n) is 19.0. The second kappa shape index (κ2) is 27.0. The predicted octanol–water partition coefficient (Wildman–Crippen LogP) is 12.9. The van der Waals surface area contributed by atoms with Crippen molar-refractivity contribution in [1.82, 2.24) is 4.57 Å². The average molecular weight is 580 g/mol. The fraction of sp³-hybridized carbons (Fsp3) is 0.775. The van der Waals surface area contributed by atoms with E-state index in [-0.39, 0.29) is 0 Å². The quantitative estimate of drug-likeness (QED) is 0.0643. The third-order valence-corrected chi connectivity index (χ3v) is 9.30. The van der Waals surface area contributed by atoms with Crippen LogP contribution in [0.2, 0.25) is 0 Å². The Balaban J connectivity index is 1.57. The molecule has 0 amide bonds. The van der Waals surface area contributed by atoms with Gasteiger partial charge >= 0.3 is 0 Å². The first kappa shape index (κ1) is 36.6. The fourth-order valence-corrected chi connectivity index (χ4v) is 6.53. The second-order valence-corrected chi connectivity index (χ2v) is 13.2. The minimum absolute atomic E-state index is 1.17. The lowest BCUT2D eigenvalue weighted by Crippen LogP contribution is -2.37. The van der Waals surface area contributed by atoms with Gasteiger partial charge in [-0.2, -0.15) is 4.57 Å². The van der Waals surface area contributed by atoms with Crippen LogP contribution in [0.25, 0.3) is 5.69 Å². The standard InChI is InChI=1S/C40H71N2/c1-3-5-7-9-11-13-15-17-18-19-21-23-25-27-32-36-41-37-38-42(39-33-29-28-30-34-39)40(41)35-31-26-24-22-20-16-14-12-10-8-6-4-2/h28-30,33-34,37-38H,3-27,31-32,35-36H2,1-2H3/q+1. The number of aromatic nitrogens is 2. The zero-order chi connectivity index (χ0) is 29.8. The van der Waals surface area contributed by atoms with Crippen molar-refractivity contribution >= 4 is 0 Å². The van der Waals surface area contributed by atoms with E-state index in [1.165, 1.54) is 198 Å². The van der Waals surface area contributed by atoms with Crippen LogP contribution in [0.5, 0.6) is 0 Å². The lowest BCUT2D eigenvalue weighted by Gasteiger charge is -2.07. The number of para-hydroxylation sites is 1. The van der Waals surface area contributed by atoms with Crippen molar-refractivity contribution in [2.24, 2.45) is 0 Å². The molecule has 42 heavy (non-hydrogen) atoms. The van der Waals surface area contributed by atoms with Gasteiger partial charge in [-0.1, -0.05) is 186 Å². The van der Waals surface area contributed by atoms with Gasteiger partial charge in [-0.05, 0) is 31.4 Å². The molecule has 0 spiro atoms. The molecule has 2 rings (SSSR count). The molecular weight excluding hydrogens is 508 g/mol. The van der Waals surface area contributed by atoms with Gasteiger partial charge in [-0.25, -0.2) is 4.57 Å². The molecule has 1 heterocycles. The summed E-state index contributed by atoms with van der Waals surface area (Å²) in [6.07, 6.45) is 44.3. The number of rotatable bonds is 30.